The Labute approximate surface area is 237 Å². The Morgan fingerprint density at radius 3 is 2.48 bits per heavy atom. The van der Waals surface area contributed by atoms with Crippen molar-refractivity contribution in [3.63, 3.8) is 0 Å². The van der Waals surface area contributed by atoms with Crippen molar-refractivity contribution in [2.24, 2.45) is 0 Å². The quantitative estimate of drug-likeness (QED) is 0.323. The van der Waals surface area contributed by atoms with Gasteiger partial charge in [-0.1, -0.05) is 31.8 Å². The van der Waals surface area contributed by atoms with Gasteiger partial charge in [-0.25, -0.2) is 23.1 Å². The van der Waals surface area contributed by atoms with E-state index in [-0.39, 0.29) is 24.9 Å². The Morgan fingerprint density at radius 1 is 1.18 bits per heavy atom. The first-order chi connectivity index (χ1) is 18.8. The molecule has 3 heterocycles. The van der Waals surface area contributed by atoms with Crippen molar-refractivity contribution in [2.45, 2.75) is 76.4 Å². The zero-order valence-corrected chi connectivity index (χ0v) is 26.1. The van der Waals surface area contributed by atoms with E-state index in [0.717, 1.165) is 11.6 Å². The normalized spacial score (nSPS) is 17.9. The molecule has 2 N–H and O–H groups in total. The van der Waals surface area contributed by atoms with E-state index in [4.69, 9.17) is 9.47 Å². The van der Waals surface area contributed by atoms with Crippen LogP contribution in [0.15, 0.2) is 36.7 Å². The molecule has 0 amide bonds. The number of benzene rings is 1. The van der Waals surface area contributed by atoms with Crippen LogP contribution in [-0.4, -0.2) is 77.4 Å². The summed E-state index contributed by atoms with van der Waals surface area (Å²) < 4.78 is 45.2. The zero-order valence-electron chi connectivity index (χ0n) is 24.2. The van der Waals surface area contributed by atoms with Crippen LogP contribution in [0.4, 0.5) is 0 Å². The lowest BCUT2D eigenvalue weighted by Gasteiger charge is -2.38. The van der Waals surface area contributed by atoms with Crippen LogP contribution in [0.3, 0.4) is 0 Å². The number of aliphatic hydroxyl groups excluding tert-OH is 1. The molecule has 1 aliphatic rings. The smallest absolute Gasteiger partial charge is 0.218 e. The highest BCUT2D eigenvalue weighted by Crippen LogP contribution is 2.43. The van der Waals surface area contributed by atoms with Gasteiger partial charge >= 0.3 is 0 Å². The molecule has 218 valence electrons. The Bertz CT molecular complexity index is 1420. The molecule has 3 atom stereocenters. The van der Waals surface area contributed by atoms with Gasteiger partial charge in [0.15, 0.2) is 17.5 Å². The fraction of sp³-hybridized carbons (Fsp3) is 0.556. The second-order valence-electron chi connectivity index (χ2n) is 11.7. The Morgan fingerprint density at radius 2 is 1.85 bits per heavy atom. The minimum absolute atomic E-state index is 0.119. The number of sulfonamides is 1. The van der Waals surface area contributed by atoms with Crippen LogP contribution in [0.25, 0.3) is 11.4 Å². The lowest BCUT2D eigenvalue weighted by atomic mass is 9.95. The molecule has 2 aromatic heterocycles. The Balaban J connectivity index is 1.99. The molecule has 13 heteroatoms. The van der Waals surface area contributed by atoms with Crippen molar-refractivity contribution in [3.8, 4) is 17.1 Å². The SMILES string of the molecule is Cc1cnc(C(OC(C)C)(c2nnc3n2[C@H](CO)COc2ccccc2-3)C(C)S(=O)(=O)NCC[Si](C)(C)C)nc1. The summed E-state index contributed by atoms with van der Waals surface area (Å²) in [6.45, 7) is 13.8. The number of aliphatic hydroxyl groups is 1. The number of fused-ring (bicyclic) bond motifs is 3. The first-order valence-electron chi connectivity index (χ1n) is 13.5. The van der Waals surface area contributed by atoms with Crippen LogP contribution in [0.5, 0.6) is 5.75 Å². The van der Waals surface area contributed by atoms with Crippen LogP contribution in [-0.2, 0) is 20.4 Å². The van der Waals surface area contributed by atoms with Crippen molar-refractivity contribution in [1.29, 1.82) is 0 Å². The summed E-state index contributed by atoms with van der Waals surface area (Å²) in [6.07, 6.45) is 2.81. The molecule has 4 rings (SSSR count). The van der Waals surface area contributed by atoms with Gasteiger partial charge in [-0.3, -0.25) is 4.57 Å². The molecule has 2 unspecified atom stereocenters. The van der Waals surface area contributed by atoms with E-state index in [2.05, 4.69) is 44.5 Å². The molecule has 0 spiro atoms. The van der Waals surface area contributed by atoms with Crippen LogP contribution >= 0.6 is 0 Å². The van der Waals surface area contributed by atoms with Gasteiger partial charge in [-0.15, -0.1) is 10.2 Å². The number of aryl methyl sites for hydroxylation is 1. The third-order valence-electron chi connectivity index (χ3n) is 6.91. The maximum absolute atomic E-state index is 14.0. The van der Waals surface area contributed by atoms with E-state index in [1.165, 1.54) is 0 Å². The summed E-state index contributed by atoms with van der Waals surface area (Å²) >= 11 is 0. The third kappa shape index (κ3) is 5.98. The molecule has 0 fully saturated rings. The summed E-state index contributed by atoms with van der Waals surface area (Å²) in [5.41, 5.74) is -0.295. The molecule has 1 aromatic carbocycles. The van der Waals surface area contributed by atoms with Crippen LogP contribution in [0.2, 0.25) is 25.7 Å². The van der Waals surface area contributed by atoms with Gasteiger partial charge in [-0.2, -0.15) is 0 Å². The largest absolute Gasteiger partial charge is 0.491 e. The molecule has 11 nitrogen and oxygen atoms in total. The molecule has 1 aliphatic heterocycles. The number of nitrogens with one attached hydrogen (secondary N) is 1. The predicted molar refractivity (Wildman–Crippen MR) is 155 cm³/mol. The van der Waals surface area contributed by atoms with E-state index in [9.17, 15) is 13.5 Å². The summed E-state index contributed by atoms with van der Waals surface area (Å²) in [6, 6.07) is 7.54. The maximum atomic E-state index is 14.0. The van der Waals surface area contributed by atoms with Crippen LogP contribution in [0, 0.1) is 6.92 Å². The zero-order chi connectivity index (χ0) is 29.3. The second-order valence-corrected chi connectivity index (χ2v) is 19.4. The average molecular weight is 589 g/mol. The number of nitrogens with zero attached hydrogens (tertiary/aromatic N) is 5. The lowest BCUT2D eigenvalue weighted by molar-refractivity contribution is -0.0715. The molecular weight excluding hydrogens is 548 g/mol. The highest BCUT2D eigenvalue weighted by molar-refractivity contribution is 7.90. The van der Waals surface area contributed by atoms with Gasteiger partial charge in [-0.05, 0) is 51.4 Å². The van der Waals surface area contributed by atoms with Crippen molar-refractivity contribution in [1.82, 2.24) is 29.5 Å². The monoisotopic (exact) mass is 588 g/mol. The van der Waals surface area contributed by atoms with Crippen molar-refractivity contribution < 1.29 is 23.0 Å². The lowest BCUT2D eigenvalue weighted by Crippen LogP contribution is -2.53. The average Bonchev–Trinajstić information content (AvgIpc) is 3.25. The fourth-order valence-corrected chi connectivity index (χ4v) is 7.18. The van der Waals surface area contributed by atoms with Crippen molar-refractivity contribution in [3.05, 3.63) is 53.9 Å². The second kappa shape index (κ2) is 11.6. The van der Waals surface area contributed by atoms with Gasteiger partial charge in [0, 0.05) is 27.0 Å². The third-order valence-corrected chi connectivity index (χ3v) is 10.5. The Kier molecular flexibility index (Phi) is 8.81. The summed E-state index contributed by atoms with van der Waals surface area (Å²) in [5.74, 6) is 1.35. The van der Waals surface area contributed by atoms with Gasteiger partial charge in [0.25, 0.3) is 0 Å². The predicted octanol–water partition coefficient (Wildman–Crippen LogP) is 3.28. The van der Waals surface area contributed by atoms with Gasteiger partial charge in [0.05, 0.1) is 24.3 Å². The van der Waals surface area contributed by atoms with E-state index >= 15 is 0 Å². The summed E-state index contributed by atoms with van der Waals surface area (Å²) in [7, 11) is -5.51. The minimum atomic E-state index is -4.00. The van der Waals surface area contributed by atoms with Gasteiger partial charge in [0.1, 0.15) is 17.6 Å². The first-order valence-corrected chi connectivity index (χ1v) is 18.8. The first kappa shape index (κ1) is 30.3. The topological polar surface area (TPSA) is 141 Å². The van der Waals surface area contributed by atoms with E-state index < -0.39 is 41.1 Å². The van der Waals surface area contributed by atoms with Gasteiger partial charge in [0.2, 0.25) is 15.6 Å². The van der Waals surface area contributed by atoms with E-state index in [1.54, 1.807) is 23.9 Å². The molecule has 3 aromatic rings. The highest BCUT2D eigenvalue weighted by Gasteiger charge is 2.55. The number of ether oxygens (including phenoxy) is 2. The summed E-state index contributed by atoms with van der Waals surface area (Å²) in [4.78, 5) is 9.17. The van der Waals surface area contributed by atoms with Crippen LogP contribution in [0.1, 0.15) is 44.0 Å². The minimum Gasteiger partial charge on any atom is -0.491 e. The molecule has 0 radical (unpaired) electrons. The van der Waals surface area contributed by atoms with E-state index in [1.807, 2.05) is 45.0 Å². The highest BCUT2D eigenvalue weighted by atomic mass is 32.2. The maximum Gasteiger partial charge on any atom is 0.218 e. The molecule has 0 aliphatic carbocycles. The fourth-order valence-electron chi connectivity index (χ4n) is 4.78. The number of para-hydroxylation sites is 1. The Hall–Kier alpha value is -2.71. The standard InChI is InChI=1S/C27H40N6O5SSi/c1-18(2)38-27(25-28-14-19(3)15-29-25,20(4)39(35,36)30-12-13-40(5,6)7)26-32-31-24-22-10-8-9-11-23(22)37-17-21(16-34)33(24)26/h8-11,14-15,18,20-21,30,34H,12-13,16-17H2,1-7H3/t20?,21-,27?/m1/s1. The van der Waals surface area contributed by atoms with Crippen molar-refractivity contribution in [2.75, 3.05) is 19.8 Å². The molecule has 0 saturated heterocycles. The van der Waals surface area contributed by atoms with Crippen LogP contribution < -0.4 is 9.46 Å². The van der Waals surface area contributed by atoms with Crippen molar-refractivity contribution >= 4 is 18.1 Å². The number of aromatic nitrogens is 5. The molecular formula is C27H40N6O5SSi. The molecule has 0 saturated carbocycles. The summed E-state index contributed by atoms with van der Waals surface area (Å²) in [5, 5.41) is 18.3. The number of rotatable bonds is 11. The number of hydrogen-bond donors (Lipinski definition) is 2. The molecule has 0 bridgehead atoms. The van der Waals surface area contributed by atoms with E-state index in [0.29, 0.717) is 23.7 Å². The molecule has 40 heavy (non-hydrogen) atoms. The number of hydrogen-bond acceptors (Lipinski definition) is 9. The van der Waals surface area contributed by atoms with Gasteiger partial charge < -0.3 is 14.6 Å².